The highest BCUT2D eigenvalue weighted by Crippen LogP contribution is 2.20. The number of piperidine rings is 1. The van der Waals surface area contributed by atoms with Gasteiger partial charge < -0.3 is 20.3 Å². The van der Waals surface area contributed by atoms with Gasteiger partial charge in [0.05, 0.1) is 11.8 Å². The number of nitrogens with zero attached hydrogens (tertiary/aromatic N) is 1. The number of rotatable bonds is 4. The predicted octanol–water partition coefficient (Wildman–Crippen LogP) is 1.59. The highest BCUT2D eigenvalue weighted by molar-refractivity contribution is 7.94. The number of carbonyl (C=O) groups excluding carboxylic acids is 1. The molecule has 1 atom stereocenters. The van der Waals surface area contributed by atoms with E-state index in [1.54, 1.807) is 12.1 Å². The van der Waals surface area contributed by atoms with Crippen molar-refractivity contribution in [1.82, 2.24) is 10.2 Å². The van der Waals surface area contributed by atoms with E-state index in [4.69, 9.17) is 4.74 Å². The number of anilines is 1. The first-order valence-corrected chi connectivity index (χ1v) is 10.0. The highest BCUT2D eigenvalue weighted by Gasteiger charge is 2.23. The molecule has 1 aromatic rings. The second-order valence-corrected chi connectivity index (χ2v) is 8.44. The second-order valence-electron chi connectivity index (χ2n) is 6.51. The van der Waals surface area contributed by atoms with Crippen LogP contribution in [0.15, 0.2) is 35.7 Å². The summed E-state index contributed by atoms with van der Waals surface area (Å²) in [5.74, 6) is 0.689. The fraction of sp³-hybridized carbons (Fsp3) is 0.471. The molecule has 8 heteroatoms. The number of ether oxygens (including phenoxy) is 1. The maximum atomic E-state index is 11.9. The number of amides is 2. The van der Waals surface area contributed by atoms with Crippen LogP contribution < -0.4 is 15.4 Å². The van der Waals surface area contributed by atoms with Gasteiger partial charge in [-0.05, 0) is 50.2 Å². The average Bonchev–Trinajstić information content (AvgIpc) is 2.90. The van der Waals surface area contributed by atoms with Gasteiger partial charge in [-0.15, -0.1) is 0 Å². The smallest absolute Gasteiger partial charge is 0.319 e. The van der Waals surface area contributed by atoms with Crippen LogP contribution in [0.1, 0.15) is 12.8 Å². The van der Waals surface area contributed by atoms with Crippen LogP contribution in [-0.4, -0.2) is 57.4 Å². The molecule has 0 spiro atoms. The average molecular weight is 365 g/mol. The van der Waals surface area contributed by atoms with Gasteiger partial charge in [-0.1, -0.05) is 0 Å². The van der Waals surface area contributed by atoms with Crippen molar-refractivity contribution in [3.63, 3.8) is 0 Å². The van der Waals surface area contributed by atoms with E-state index in [1.165, 1.54) is 6.08 Å². The summed E-state index contributed by atoms with van der Waals surface area (Å²) in [7, 11) is -1.07. The van der Waals surface area contributed by atoms with Crippen LogP contribution in [0.25, 0.3) is 0 Å². The molecule has 0 saturated carbocycles. The number of hydrogen-bond donors (Lipinski definition) is 2. The van der Waals surface area contributed by atoms with Crippen molar-refractivity contribution in [2.24, 2.45) is 0 Å². The third-order valence-electron chi connectivity index (χ3n) is 4.33. The molecule has 1 saturated heterocycles. The second kappa shape index (κ2) is 7.45. The van der Waals surface area contributed by atoms with Gasteiger partial charge in [-0.25, -0.2) is 13.2 Å². The Kier molecular flexibility index (Phi) is 5.29. The lowest BCUT2D eigenvalue weighted by Crippen LogP contribution is -2.38. The van der Waals surface area contributed by atoms with Crippen LogP contribution >= 0.6 is 0 Å². The van der Waals surface area contributed by atoms with Gasteiger partial charge in [0.1, 0.15) is 11.9 Å². The van der Waals surface area contributed by atoms with Crippen molar-refractivity contribution < 1.29 is 17.9 Å². The molecule has 1 aromatic carbocycles. The van der Waals surface area contributed by atoms with E-state index in [0.717, 1.165) is 37.1 Å². The quantitative estimate of drug-likeness (QED) is 0.846. The molecular formula is C17H23N3O4S. The summed E-state index contributed by atoms with van der Waals surface area (Å²) in [5.41, 5.74) is 0.623. The van der Waals surface area contributed by atoms with Crippen molar-refractivity contribution in [3.05, 3.63) is 35.7 Å². The van der Waals surface area contributed by atoms with E-state index in [2.05, 4.69) is 22.6 Å². The van der Waals surface area contributed by atoms with Gasteiger partial charge in [0.15, 0.2) is 9.84 Å². The monoisotopic (exact) mass is 365 g/mol. The number of sulfone groups is 1. The molecule has 2 amide bonds. The number of benzene rings is 1. The molecule has 25 heavy (non-hydrogen) atoms. The number of urea groups is 1. The summed E-state index contributed by atoms with van der Waals surface area (Å²) >= 11 is 0. The van der Waals surface area contributed by atoms with Gasteiger partial charge in [-0.3, -0.25) is 0 Å². The fourth-order valence-corrected chi connectivity index (χ4v) is 4.15. The Morgan fingerprint density at radius 3 is 2.48 bits per heavy atom. The minimum absolute atomic E-state index is 0.0935. The van der Waals surface area contributed by atoms with Crippen LogP contribution in [0, 0.1) is 0 Å². The Morgan fingerprint density at radius 2 is 1.88 bits per heavy atom. The standard InChI is InChI=1S/C17H23N3O4S/c1-20-9-6-16(7-10-20)24-15-4-2-13(3-5-15)18-17(21)19-14-8-11-25(22,23)12-14/h2-5,8,11,14,16H,6-7,9-10,12H2,1H3,(H2,18,19,21). The first-order valence-electron chi connectivity index (χ1n) is 8.33. The van der Waals surface area contributed by atoms with E-state index in [9.17, 15) is 13.2 Å². The minimum atomic E-state index is -3.18. The molecule has 0 radical (unpaired) electrons. The Morgan fingerprint density at radius 1 is 1.20 bits per heavy atom. The zero-order chi connectivity index (χ0) is 17.9. The van der Waals surface area contributed by atoms with E-state index in [0.29, 0.717) is 5.69 Å². The SMILES string of the molecule is CN1CCC(Oc2ccc(NC(=O)NC3C=CS(=O)(=O)C3)cc2)CC1. The summed E-state index contributed by atoms with van der Waals surface area (Å²) in [4.78, 5) is 14.2. The molecule has 3 rings (SSSR count). The van der Waals surface area contributed by atoms with Gasteiger partial charge in [0.2, 0.25) is 0 Å². The van der Waals surface area contributed by atoms with Crippen LogP contribution in [0.4, 0.5) is 10.5 Å². The van der Waals surface area contributed by atoms with Gasteiger partial charge in [-0.2, -0.15) is 0 Å². The van der Waals surface area contributed by atoms with Crippen LogP contribution in [0.2, 0.25) is 0 Å². The molecular weight excluding hydrogens is 342 g/mol. The molecule has 2 heterocycles. The minimum Gasteiger partial charge on any atom is -0.490 e. The molecule has 136 valence electrons. The summed E-state index contributed by atoms with van der Waals surface area (Å²) in [6.07, 6.45) is 3.73. The maximum Gasteiger partial charge on any atom is 0.319 e. The first-order chi connectivity index (χ1) is 11.9. The molecule has 2 N–H and O–H groups in total. The third kappa shape index (κ3) is 5.20. The molecule has 2 aliphatic rings. The summed E-state index contributed by atoms with van der Waals surface area (Å²) in [6, 6.07) is 6.27. The predicted molar refractivity (Wildman–Crippen MR) is 96.5 cm³/mol. The number of carbonyl (C=O) groups is 1. The zero-order valence-electron chi connectivity index (χ0n) is 14.1. The van der Waals surface area contributed by atoms with Gasteiger partial charge >= 0.3 is 6.03 Å². The van der Waals surface area contributed by atoms with Gasteiger partial charge in [0, 0.05) is 24.2 Å². The van der Waals surface area contributed by atoms with Crippen molar-refractivity contribution in [1.29, 1.82) is 0 Å². The largest absolute Gasteiger partial charge is 0.490 e. The lowest BCUT2D eigenvalue weighted by atomic mass is 10.1. The lowest BCUT2D eigenvalue weighted by Gasteiger charge is -2.29. The Balaban J connectivity index is 1.47. The van der Waals surface area contributed by atoms with Crippen molar-refractivity contribution in [2.45, 2.75) is 25.0 Å². The molecule has 0 aliphatic carbocycles. The normalized spacial score (nSPS) is 23.3. The molecule has 1 fully saturated rings. The molecule has 2 aliphatic heterocycles. The van der Waals surface area contributed by atoms with Crippen molar-refractivity contribution in [2.75, 3.05) is 31.2 Å². The first kappa shape index (κ1) is 17.8. The fourth-order valence-electron chi connectivity index (χ4n) is 2.91. The van der Waals surface area contributed by atoms with Crippen molar-refractivity contribution >= 4 is 21.6 Å². The van der Waals surface area contributed by atoms with Crippen LogP contribution in [0.3, 0.4) is 0 Å². The zero-order valence-corrected chi connectivity index (χ0v) is 15.0. The number of likely N-dealkylation sites (tertiary alicyclic amines) is 1. The Bertz CT molecular complexity index is 738. The van der Waals surface area contributed by atoms with Crippen molar-refractivity contribution in [3.8, 4) is 5.75 Å². The summed E-state index contributed by atoms with van der Waals surface area (Å²) < 4.78 is 28.6. The topological polar surface area (TPSA) is 87.7 Å². The van der Waals surface area contributed by atoms with Crippen LogP contribution in [-0.2, 0) is 9.84 Å². The molecule has 7 nitrogen and oxygen atoms in total. The van der Waals surface area contributed by atoms with Gasteiger partial charge in [0.25, 0.3) is 0 Å². The number of nitrogens with one attached hydrogen (secondary N) is 2. The third-order valence-corrected chi connectivity index (χ3v) is 5.72. The molecule has 0 bridgehead atoms. The lowest BCUT2D eigenvalue weighted by molar-refractivity contribution is 0.114. The molecule has 1 unspecified atom stereocenters. The van der Waals surface area contributed by atoms with E-state index in [1.807, 2.05) is 12.1 Å². The highest BCUT2D eigenvalue weighted by atomic mass is 32.2. The maximum absolute atomic E-state index is 11.9. The van der Waals surface area contributed by atoms with Crippen LogP contribution in [0.5, 0.6) is 5.75 Å². The Hall–Kier alpha value is -2.06. The Labute approximate surface area is 148 Å². The number of hydrogen-bond acceptors (Lipinski definition) is 5. The summed E-state index contributed by atoms with van der Waals surface area (Å²) in [6.45, 7) is 2.08. The van der Waals surface area contributed by atoms with E-state index >= 15 is 0 Å². The molecule has 0 aromatic heterocycles. The van der Waals surface area contributed by atoms with E-state index < -0.39 is 21.9 Å². The van der Waals surface area contributed by atoms with E-state index in [-0.39, 0.29) is 11.9 Å². The summed E-state index contributed by atoms with van der Waals surface area (Å²) in [5, 5.41) is 6.44.